The third kappa shape index (κ3) is 3.32. The Morgan fingerprint density at radius 1 is 1.09 bits per heavy atom. The molecule has 0 N–H and O–H groups in total. The fourth-order valence-corrected chi connectivity index (χ4v) is 5.33. The van der Waals surface area contributed by atoms with E-state index in [-0.39, 0.29) is 11.9 Å². The second-order valence-corrected chi connectivity index (χ2v) is 9.36. The van der Waals surface area contributed by atoms with Crippen LogP contribution in [0.3, 0.4) is 0 Å². The molecular weight excluding hydrogens is 428 g/mol. The van der Waals surface area contributed by atoms with Crippen LogP contribution in [0.2, 0.25) is 0 Å². The van der Waals surface area contributed by atoms with Crippen molar-refractivity contribution in [3.05, 3.63) is 54.2 Å². The molecule has 3 aromatic heterocycles. The van der Waals surface area contributed by atoms with Crippen molar-refractivity contribution < 1.29 is 9.53 Å². The summed E-state index contributed by atoms with van der Waals surface area (Å²) in [7, 11) is 3.78. The van der Waals surface area contributed by atoms with Gasteiger partial charge in [0, 0.05) is 56.6 Å². The lowest BCUT2D eigenvalue weighted by Gasteiger charge is -2.32. The molecule has 1 unspecified atom stereocenters. The van der Waals surface area contributed by atoms with Crippen molar-refractivity contribution in [2.45, 2.75) is 38.3 Å². The first-order valence-corrected chi connectivity index (χ1v) is 11.8. The fraction of sp³-hybridized carbons (Fsp3) is 0.385. The van der Waals surface area contributed by atoms with E-state index in [4.69, 9.17) is 14.7 Å². The van der Waals surface area contributed by atoms with Gasteiger partial charge in [0.1, 0.15) is 17.6 Å². The second-order valence-electron chi connectivity index (χ2n) is 9.36. The van der Waals surface area contributed by atoms with E-state index in [0.717, 1.165) is 71.0 Å². The Labute approximate surface area is 198 Å². The number of ether oxygens (including phenoxy) is 1. The molecule has 1 atom stereocenters. The van der Waals surface area contributed by atoms with Crippen LogP contribution in [0.4, 0.5) is 0 Å². The molecule has 0 saturated carbocycles. The summed E-state index contributed by atoms with van der Waals surface area (Å²) in [6.45, 7) is 4.00. The van der Waals surface area contributed by atoms with Gasteiger partial charge in [-0.2, -0.15) is 5.10 Å². The Morgan fingerprint density at radius 2 is 1.91 bits per heavy atom. The van der Waals surface area contributed by atoms with E-state index in [2.05, 4.69) is 33.9 Å². The Kier molecular flexibility index (Phi) is 4.99. The van der Waals surface area contributed by atoms with Crippen molar-refractivity contribution in [2.75, 3.05) is 20.3 Å². The van der Waals surface area contributed by atoms with Crippen molar-refractivity contribution in [1.82, 2.24) is 29.2 Å². The van der Waals surface area contributed by atoms with Crippen LogP contribution >= 0.6 is 0 Å². The van der Waals surface area contributed by atoms with Gasteiger partial charge in [0.2, 0.25) is 5.91 Å². The molecule has 0 radical (unpaired) electrons. The van der Waals surface area contributed by atoms with Crippen LogP contribution in [0, 0.1) is 0 Å². The number of aryl methyl sites for hydroxylation is 1. The molecule has 5 heterocycles. The molecular formula is C26H28N6O2. The summed E-state index contributed by atoms with van der Waals surface area (Å²) in [5, 5.41) is 6.64. The highest BCUT2D eigenvalue weighted by Gasteiger charge is 2.36. The molecule has 0 bridgehead atoms. The maximum Gasteiger partial charge on any atom is 0.245 e. The molecule has 34 heavy (non-hydrogen) atoms. The van der Waals surface area contributed by atoms with Crippen molar-refractivity contribution in [3.63, 3.8) is 0 Å². The fourth-order valence-electron chi connectivity index (χ4n) is 5.33. The normalized spacial score (nSPS) is 19.1. The van der Waals surface area contributed by atoms with Crippen LogP contribution < -0.4 is 0 Å². The number of hydrogen-bond donors (Lipinski definition) is 0. The number of fused-ring (bicyclic) bond motifs is 2. The number of carbonyl (C=O) groups is 1. The van der Waals surface area contributed by atoms with E-state index >= 15 is 0 Å². The Hall–Kier alpha value is -3.52. The summed E-state index contributed by atoms with van der Waals surface area (Å²) in [5.41, 5.74) is 4.79. The highest BCUT2D eigenvalue weighted by molar-refractivity contribution is 5.97. The van der Waals surface area contributed by atoms with Crippen LogP contribution in [0.25, 0.3) is 33.4 Å². The predicted octanol–water partition coefficient (Wildman–Crippen LogP) is 3.93. The number of aromatic nitrogens is 5. The van der Waals surface area contributed by atoms with Crippen LogP contribution in [-0.4, -0.2) is 55.4 Å². The van der Waals surface area contributed by atoms with Gasteiger partial charge in [-0.25, -0.2) is 4.98 Å². The number of carbonyl (C=O) groups excluding carboxylic acids is 1. The van der Waals surface area contributed by atoms with Gasteiger partial charge in [0.25, 0.3) is 0 Å². The summed E-state index contributed by atoms with van der Waals surface area (Å²) in [4.78, 5) is 24.7. The lowest BCUT2D eigenvalue weighted by molar-refractivity contribution is -0.135. The van der Waals surface area contributed by atoms with Gasteiger partial charge in [-0.05, 0) is 37.3 Å². The number of rotatable bonds is 3. The number of nitrogens with zero attached hydrogens (tertiary/aromatic N) is 6. The van der Waals surface area contributed by atoms with Crippen LogP contribution in [0.1, 0.15) is 43.2 Å². The number of likely N-dealkylation sites (N-methyl/N-ethyl adjacent to an activating group) is 1. The maximum absolute atomic E-state index is 12.9. The molecule has 2 aliphatic heterocycles. The van der Waals surface area contributed by atoms with E-state index in [1.54, 1.807) is 4.68 Å². The zero-order chi connectivity index (χ0) is 23.4. The molecule has 1 saturated heterocycles. The van der Waals surface area contributed by atoms with E-state index in [1.165, 1.54) is 0 Å². The average Bonchev–Trinajstić information content (AvgIpc) is 3.46. The maximum atomic E-state index is 12.9. The van der Waals surface area contributed by atoms with E-state index in [0.29, 0.717) is 12.5 Å². The summed E-state index contributed by atoms with van der Waals surface area (Å²) in [6.07, 6.45) is 5.70. The molecule has 174 valence electrons. The second kappa shape index (κ2) is 8.06. The number of hydrogen-bond acceptors (Lipinski definition) is 5. The number of pyridine rings is 1. The van der Waals surface area contributed by atoms with Gasteiger partial charge in [-0.15, -0.1) is 0 Å². The van der Waals surface area contributed by atoms with Crippen molar-refractivity contribution in [2.24, 2.45) is 7.05 Å². The predicted molar refractivity (Wildman–Crippen MR) is 129 cm³/mol. The first-order valence-electron chi connectivity index (χ1n) is 11.8. The molecule has 1 aromatic carbocycles. The van der Waals surface area contributed by atoms with Gasteiger partial charge in [0.05, 0.1) is 23.6 Å². The van der Waals surface area contributed by atoms with Gasteiger partial charge in [0.15, 0.2) is 0 Å². The van der Waals surface area contributed by atoms with Gasteiger partial charge in [-0.1, -0.05) is 18.2 Å². The molecule has 1 amide bonds. The van der Waals surface area contributed by atoms with Crippen LogP contribution in [0.15, 0.2) is 42.7 Å². The Morgan fingerprint density at radius 3 is 2.68 bits per heavy atom. The summed E-state index contributed by atoms with van der Waals surface area (Å²) >= 11 is 0. The van der Waals surface area contributed by atoms with Crippen molar-refractivity contribution in [1.29, 1.82) is 0 Å². The zero-order valence-corrected chi connectivity index (χ0v) is 19.7. The first-order chi connectivity index (χ1) is 16.5. The number of amides is 1. The SMILES string of the molecule is CC1C(=O)N(C)Cc2c(-c3cccc4cc(-c5ccn(C)n5)ncc34)nc(C3CCOCC3)n21. The molecule has 1 fully saturated rings. The molecule has 0 aliphatic carbocycles. The molecule has 0 spiro atoms. The highest BCUT2D eigenvalue weighted by atomic mass is 16.5. The molecule has 4 aromatic rings. The van der Waals surface area contributed by atoms with E-state index in [9.17, 15) is 4.79 Å². The monoisotopic (exact) mass is 456 g/mol. The Bertz CT molecular complexity index is 1400. The quantitative estimate of drug-likeness (QED) is 0.467. The topological polar surface area (TPSA) is 78.1 Å². The number of imidazole rings is 1. The number of benzene rings is 1. The minimum atomic E-state index is -0.267. The summed E-state index contributed by atoms with van der Waals surface area (Å²) in [6, 6.07) is 10.1. The van der Waals surface area contributed by atoms with E-state index < -0.39 is 0 Å². The lowest BCUT2D eigenvalue weighted by atomic mass is 9.98. The standard InChI is InChI=1S/C26H28N6O2/c1-16-26(33)30(2)15-23-24(28-25(32(16)23)17-8-11-34-12-9-17)19-6-4-5-18-13-22(27-14-20(18)19)21-7-10-31(3)29-21/h4-7,10,13-14,16-17H,8-9,11-12,15H2,1-3H3. The van der Waals surface area contributed by atoms with Crippen LogP contribution in [-0.2, 0) is 23.1 Å². The average molecular weight is 457 g/mol. The molecule has 8 heteroatoms. The van der Waals surface area contributed by atoms with Crippen LogP contribution in [0.5, 0.6) is 0 Å². The minimum absolute atomic E-state index is 0.129. The minimum Gasteiger partial charge on any atom is -0.381 e. The van der Waals surface area contributed by atoms with Gasteiger partial charge >= 0.3 is 0 Å². The van der Waals surface area contributed by atoms with E-state index in [1.807, 2.05) is 44.4 Å². The molecule has 8 nitrogen and oxygen atoms in total. The zero-order valence-electron chi connectivity index (χ0n) is 19.7. The smallest absolute Gasteiger partial charge is 0.245 e. The molecule has 2 aliphatic rings. The summed E-state index contributed by atoms with van der Waals surface area (Å²) < 4.78 is 9.58. The van der Waals surface area contributed by atoms with Crippen molar-refractivity contribution >= 4 is 16.7 Å². The molecule has 6 rings (SSSR count). The third-order valence-electron chi connectivity index (χ3n) is 7.13. The van der Waals surface area contributed by atoms with Gasteiger partial charge in [-0.3, -0.25) is 14.5 Å². The largest absolute Gasteiger partial charge is 0.381 e. The van der Waals surface area contributed by atoms with Crippen molar-refractivity contribution in [3.8, 4) is 22.6 Å². The lowest BCUT2D eigenvalue weighted by Crippen LogP contribution is -2.40. The Balaban J connectivity index is 1.52. The first kappa shape index (κ1) is 21.0. The summed E-state index contributed by atoms with van der Waals surface area (Å²) in [5.74, 6) is 1.44. The highest BCUT2D eigenvalue weighted by Crippen LogP contribution is 2.39. The van der Waals surface area contributed by atoms with Gasteiger partial charge < -0.3 is 14.2 Å². The third-order valence-corrected chi connectivity index (χ3v) is 7.13.